The lowest BCUT2D eigenvalue weighted by Gasteiger charge is -2.37. The summed E-state index contributed by atoms with van der Waals surface area (Å²) < 4.78 is 10.9. The molecule has 1 rings (SSSR count). The summed E-state index contributed by atoms with van der Waals surface area (Å²) in [6, 6.07) is 0. The van der Waals surface area contributed by atoms with Crippen molar-refractivity contribution in [3.8, 4) is 0 Å². The monoisotopic (exact) mass is 188 g/mol. The second kappa shape index (κ2) is 4.94. The molecule has 3 nitrogen and oxygen atoms in total. The first-order chi connectivity index (χ1) is 6.18. The molecule has 2 atom stereocenters. The Morgan fingerprint density at radius 2 is 2.31 bits per heavy atom. The van der Waals surface area contributed by atoms with Gasteiger partial charge in [0, 0.05) is 20.1 Å². The number of rotatable bonds is 4. The second-order valence-electron chi connectivity index (χ2n) is 3.97. The third kappa shape index (κ3) is 3.25. The molecule has 0 spiro atoms. The maximum absolute atomic E-state index is 9.36. The molecule has 1 saturated heterocycles. The zero-order chi connectivity index (χ0) is 9.73. The average Bonchev–Trinajstić information content (AvgIpc) is 2.04. The number of hydrogen-bond donors (Lipinski definition) is 1. The summed E-state index contributed by atoms with van der Waals surface area (Å²) in [5, 5.41) is 9.36. The Kier molecular flexibility index (Phi) is 4.16. The third-order valence-electron chi connectivity index (χ3n) is 2.51. The van der Waals surface area contributed by atoms with Gasteiger partial charge in [-0.1, -0.05) is 0 Å². The van der Waals surface area contributed by atoms with Crippen LogP contribution in [0.2, 0.25) is 0 Å². The predicted molar refractivity (Wildman–Crippen MR) is 50.7 cm³/mol. The molecule has 1 unspecified atom stereocenters. The first-order valence-corrected chi connectivity index (χ1v) is 4.99. The van der Waals surface area contributed by atoms with Crippen molar-refractivity contribution in [2.45, 2.75) is 44.3 Å². The number of ether oxygens (including phenoxy) is 2. The van der Waals surface area contributed by atoms with Gasteiger partial charge in [0.25, 0.3) is 0 Å². The Labute approximate surface area is 80.0 Å². The predicted octanol–water partition coefficient (Wildman–Crippen LogP) is 1.34. The summed E-state index contributed by atoms with van der Waals surface area (Å²) in [6.45, 7) is 3.20. The van der Waals surface area contributed by atoms with E-state index in [1.807, 2.05) is 0 Å². The van der Waals surface area contributed by atoms with Crippen LogP contribution in [0.25, 0.3) is 0 Å². The van der Waals surface area contributed by atoms with Gasteiger partial charge in [0.05, 0.1) is 18.3 Å². The quantitative estimate of drug-likeness (QED) is 0.723. The Hall–Kier alpha value is -0.120. The first-order valence-electron chi connectivity index (χ1n) is 4.99. The highest BCUT2D eigenvalue weighted by Crippen LogP contribution is 2.29. The topological polar surface area (TPSA) is 38.7 Å². The van der Waals surface area contributed by atoms with Crippen molar-refractivity contribution >= 4 is 0 Å². The fourth-order valence-electron chi connectivity index (χ4n) is 2.05. The highest BCUT2D eigenvalue weighted by Gasteiger charge is 2.34. The third-order valence-corrected chi connectivity index (χ3v) is 2.51. The molecular formula is C10H20O3. The molecular weight excluding hydrogens is 168 g/mol. The number of aliphatic hydroxyl groups excluding tert-OH is 1. The van der Waals surface area contributed by atoms with Gasteiger partial charge in [0.1, 0.15) is 0 Å². The van der Waals surface area contributed by atoms with Crippen LogP contribution in [0.15, 0.2) is 0 Å². The maximum atomic E-state index is 9.36. The molecule has 0 saturated carbocycles. The normalized spacial score (nSPS) is 31.6. The zero-order valence-electron chi connectivity index (χ0n) is 8.58. The van der Waals surface area contributed by atoms with Crippen molar-refractivity contribution in [1.82, 2.24) is 0 Å². The van der Waals surface area contributed by atoms with E-state index in [2.05, 4.69) is 0 Å². The minimum Gasteiger partial charge on any atom is -0.393 e. The average molecular weight is 188 g/mol. The molecule has 0 aliphatic carbocycles. The lowest BCUT2D eigenvalue weighted by molar-refractivity contribution is -0.133. The van der Waals surface area contributed by atoms with Crippen LogP contribution < -0.4 is 0 Å². The van der Waals surface area contributed by atoms with E-state index in [4.69, 9.17) is 9.47 Å². The van der Waals surface area contributed by atoms with Gasteiger partial charge in [0.15, 0.2) is 0 Å². The fourth-order valence-corrected chi connectivity index (χ4v) is 2.05. The maximum Gasteiger partial charge on any atom is 0.0939 e. The molecule has 0 aromatic carbocycles. The molecule has 1 N–H and O–H groups in total. The van der Waals surface area contributed by atoms with Crippen molar-refractivity contribution in [3.63, 3.8) is 0 Å². The zero-order valence-corrected chi connectivity index (χ0v) is 8.58. The Bertz CT molecular complexity index is 134. The standard InChI is InChI=1S/C10H20O3/c1-9(11)7-10(8-12-2)5-3-4-6-13-10/h9,11H,3-8H2,1-2H3/t9-,10?/m0/s1. The van der Waals surface area contributed by atoms with Crippen LogP contribution in [0.4, 0.5) is 0 Å². The lowest BCUT2D eigenvalue weighted by Crippen LogP contribution is -2.43. The molecule has 0 aromatic rings. The van der Waals surface area contributed by atoms with E-state index in [1.165, 1.54) is 6.42 Å². The summed E-state index contributed by atoms with van der Waals surface area (Å²) in [5.41, 5.74) is -0.221. The van der Waals surface area contributed by atoms with E-state index in [-0.39, 0.29) is 11.7 Å². The minimum atomic E-state index is -0.312. The summed E-state index contributed by atoms with van der Waals surface area (Å²) in [4.78, 5) is 0. The van der Waals surface area contributed by atoms with Crippen LogP contribution >= 0.6 is 0 Å². The van der Waals surface area contributed by atoms with E-state index in [1.54, 1.807) is 14.0 Å². The summed E-state index contributed by atoms with van der Waals surface area (Å²) >= 11 is 0. The highest BCUT2D eigenvalue weighted by molar-refractivity contribution is 4.85. The Morgan fingerprint density at radius 3 is 2.77 bits per heavy atom. The molecule has 0 bridgehead atoms. The molecule has 1 fully saturated rings. The number of hydrogen-bond acceptors (Lipinski definition) is 3. The van der Waals surface area contributed by atoms with Crippen LogP contribution in [0.3, 0.4) is 0 Å². The van der Waals surface area contributed by atoms with Gasteiger partial charge < -0.3 is 14.6 Å². The van der Waals surface area contributed by atoms with Crippen LogP contribution in [0.1, 0.15) is 32.6 Å². The van der Waals surface area contributed by atoms with Crippen molar-refractivity contribution in [1.29, 1.82) is 0 Å². The van der Waals surface area contributed by atoms with Gasteiger partial charge in [-0.25, -0.2) is 0 Å². The smallest absolute Gasteiger partial charge is 0.0939 e. The van der Waals surface area contributed by atoms with Gasteiger partial charge in [-0.05, 0) is 26.2 Å². The van der Waals surface area contributed by atoms with E-state index in [0.29, 0.717) is 13.0 Å². The molecule has 13 heavy (non-hydrogen) atoms. The van der Waals surface area contributed by atoms with Crippen molar-refractivity contribution in [3.05, 3.63) is 0 Å². The van der Waals surface area contributed by atoms with E-state index in [0.717, 1.165) is 19.4 Å². The SMILES string of the molecule is COCC1(C[C@H](C)O)CCCCO1. The number of aliphatic hydroxyl groups is 1. The summed E-state index contributed by atoms with van der Waals surface area (Å²) in [7, 11) is 1.68. The molecule has 78 valence electrons. The van der Waals surface area contributed by atoms with Crippen LogP contribution in [0.5, 0.6) is 0 Å². The lowest BCUT2D eigenvalue weighted by atomic mass is 9.89. The fraction of sp³-hybridized carbons (Fsp3) is 1.00. The molecule has 1 aliphatic heterocycles. The first kappa shape index (κ1) is 11.0. The van der Waals surface area contributed by atoms with E-state index < -0.39 is 0 Å². The van der Waals surface area contributed by atoms with Gasteiger partial charge >= 0.3 is 0 Å². The molecule has 0 aromatic heterocycles. The highest BCUT2D eigenvalue weighted by atomic mass is 16.5. The molecule has 0 radical (unpaired) electrons. The van der Waals surface area contributed by atoms with Crippen LogP contribution in [0, 0.1) is 0 Å². The Morgan fingerprint density at radius 1 is 1.54 bits per heavy atom. The minimum absolute atomic E-state index is 0.221. The van der Waals surface area contributed by atoms with Crippen molar-refractivity contribution in [2.24, 2.45) is 0 Å². The second-order valence-corrected chi connectivity index (χ2v) is 3.97. The van der Waals surface area contributed by atoms with Crippen LogP contribution in [-0.2, 0) is 9.47 Å². The summed E-state index contributed by atoms with van der Waals surface area (Å²) in [5.74, 6) is 0. The number of methoxy groups -OCH3 is 1. The van der Waals surface area contributed by atoms with Crippen molar-refractivity contribution in [2.75, 3.05) is 20.3 Å². The Balaban J connectivity index is 2.50. The summed E-state index contributed by atoms with van der Waals surface area (Å²) in [6.07, 6.45) is 3.68. The van der Waals surface area contributed by atoms with Crippen LogP contribution in [-0.4, -0.2) is 37.1 Å². The van der Waals surface area contributed by atoms with Crippen molar-refractivity contribution < 1.29 is 14.6 Å². The molecule has 0 amide bonds. The molecule has 1 heterocycles. The van der Waals surface area contributed by atoms with Gasteiger partial charge in [-0.2, -0.15) is 0 Å². The molecule has 3 heteroatoms. The van der Waals surface area contributed by atoms with Gasteiger partial charge in [-0.15, -0.1) is 0 Å². The molecule has 1 aliphatic rings. The van der Waals surface area contributed by atoms with E-state index >= 15 is 0 Å². The van der Waals surface area contributed by atoms with Gasteiger partial charge in [-0.3, -0.25) is 0 Å². The largest absolute Gasteiger partial charge is 0.393 e. The van der Waals surface area contributed by atoms with E-state index in [9.17, 15) is 5.11 Å². The van der Waals surface area contributed by atoms with Gasteiger partial charge in [0.2, 0.25) is 0 Å².